The Hall–Kier alpha value is -1.68. The maximum atomic E-state index is 13.1. The van der Waals surface area contributed by atoms with Gasteiger partial charge in [-0.1, -0.05) is 0 Å². The number of benzene rings is 1. The lowest BCUT2D eigenvalue weighted by atomic mass is 9.92. The van der Waals surface area contributed by atoms with E-state index in [4.69, 9.17) is 4.42 Å². The van der Waals surface area contributed by atoms with Gasteiger partial charge >= 0.3 is 0 Å². The van der Waals surface area contributed by atoms with E-state index in [2.05, 4.69) is 5.32 Å². The molecule has 1 aromatic carbocycles. The third-order valence-electron chi connectivity index (χ3n) is 3.69. The third-order valence-corrected chi connectivity index (χ3v) is 3.69. The van der Waals surface area contributed by atoms with E-state index in [1.54, 1.807) is 12.1 Å². The Kier molecular flexibility index (Phi) is 3.34. The smallest absolute Gasteiger partial charge is 0.198 e. The zero-order chi connectivity index (χ0) is 13.2. The van der Waals surface area contributed by atoms with Crippen molar-refractivity contribution in [1.82, 2.24) is 5.32 Å². The third kappa shape index (κ3) is 2.68. The summed E-state index contributed by atoms with van der Waals surface area (Å²) in [7, 11) is 0. The summed E-state index contributed by atoms with van der Waals surface area (Å²) in [5.74, 6) is 0.479. The lowest BCUT2D eigenvalue weighted by Gasteiger charge is -2.21. The maximum Gasteiger partial charge on any atom is 0.198 e. The second kappa shape index (κ2) is 5.13. The van der Waals surface area contributed by atoms with Crippen molar-refractivity contribution in [2.45, 2.75) is 19.3 Å². The molecule has 0 saturated carbocycles. The molecule has 0 amide bonds. The Morgan fingerprint density at radius 3 is 2.89 bits per heavy atom. The average Bonchev–Trinajstić information content (AvgIpc) is 2.83. The maximum absolute atomic E-state index is 13.1. The molecule has 100 valence electrons. The molecule has 0 radical (unpaired) electrons. The van der Waals surface area contributed by atoms with E-state index in [1.165, 1.54) is 12.1 Å². The summed E-state index contributed by atoms with van der Waals surface area (Å²) < 4.78 is 18.6. The molecule has 1 fully saturated rings. The van der Waals surface area contributed by atoms with Crippen molar-refractivity contribution >= 4 is 16.8 Å². The van der Waals surface area contributed by atoms with Crippen LogP contribution in [0.5, 0.6) is 0 Å². The topological polar surface area (TPSA) is 42.2 Å². The van der Waals surface area contributed by atoms with E-state index < -0.39 is 0 Å². The highest BCUT2D eigenvalue weighted by atomic mass is 19.1. The number of carbonyl (C=O) groups is 1. The van der Waals surface area contributed by atoms with Crippen molar-refractivity contribution in [3.63, 3.8) is 0 Å². The molecule has 4 heteroatoms. The Morgan fingerprint density at radius 1 is 1.32 bits per heavy atom. The average molecular weight is 261 g/mol. The van der Waals surface area contributed by atoms with Crippen LogP contribution in [-0.2, 0) is 0 Å². The number of nitrogens with one attached hydrogen (secondary N) is 1. The van der Waals surface area contributed by atoms with Crippen molar-refractivity contribution in [2.24, 2.45) is 5.92 Å². The first-order valence-corrected chi connectivity index (χ1v) is 6.65. The van der Waals surface area contributed by atoms with Gasteiger partial charge in [-0.2, -0.15) is 0 Å². The van der Waals surface area contributed by atoms with Crippen molar-refractivity contribution in [2.75, 3.05) is 13.1 Å². The number of ketones is 1. The summed E-state index contributed by atoms with van der Waals surface area (Å²) in [5.41, 5.74) is 0.565. The van der Waals surface area contributed by atoms with Gasteiger partial charge in [-0.25, -0.2) is 4.39 Å². The first kappa shape index (κ1) is 12.4. The minimum Gasteiger partial charge on any atom is -0.453 e. The second-order valence-electron chi connectivity index (χ2n) is 5.11. The SMILES string of the molecule is O=C(CC1CCNCC1)c1cc2cc(F)ccc2o1. The molecule has 0 unspecified atom stereocenters. The molecule has 2 heterocycles. The standard InChI is InChI=1S/C15H16FNO2/c16-12-1-2-14-11(8-12)9-15(19-14)13(18)7-10-3-5-17-6-4-10/h1-2,8-10,17H,3-7H2. The molecule has 1 aliphatic heterocycles. The molecular formula is C15H16FNO2. The van der Waals surface area contributed by atoms with Crippen molar-refractivity contribution in [3.8, 4) is 0 Å². The van der Waals surface area contributed by atoms with Crippen LogP contribution >= 0.6 is 0 Å². The minimum absolute atomic E-state index is 0.0171. The first-order valence-electron chi connectivity index (χ1n) is 6.65. The lowest BCUT2D eigenvalue weighted by molar-refractivity contribution is 0.0927. The molecule has 1 aromatic heterocycles. The van der Waals surface area contributed by atoms with Gasteiger partial charge in [0, 0.05) is 11.8 Å². The number of carbonyl (C=O) groups excluding carboxylic acids is 1. The van der Waals surface area contributed by atoms with Gasteiger partial charge in [0.25, 0.3) is 0 Å². The van der Waals surface area contributed by atoms with Gasteiger partial charge in [0.1, 0.15) is 11.4 Å². The van der Waals surface area contributed by atoms with Crippen LogP contribution in [0, 0.1) is 11.7 Å². The molecule has 1 aliphatic rings. The molecule has 3 rings (SSSR count). The van der Waals surface area contributed by atoms with Crippen molar-refractivity contribution < 1.29 is 13.6 Å². The molecule has 1 saturated heterocycles. The Labute approximate surface area is 110 Å². The van der Waals surface area contributed by atoms with Crippen LogP contribution in [0.2, 0.25) is 0 Å². The number of Topliss-reactive ketones (excluding diaryl/α,β-unsaturated/α-hetero) is 1. The number of halogens is 1. The molecule has 0 atom stereocenters. The second-order valence-corrected chi connectivity index (χ2v) is 5.11. The van der Waals surface area contributed by atoms with Gasteiger partial charge in [0.2, 0.25) is 0 Å². The van der Waals surface area contributed by atoms with Crippen LogP contribution in [0.4, 0.5) is 4.39 Å². The summed E-state index contributed by atoms with van der Waals surface area (Å²) in [6, 6.07) is 5.93. The van der Waals surface area contributed by atoms with Gasteiger partial charge in [0.05, 0.1) is 0 Å². The van der Waals surface area contributed by atoms with Gasteiger partial charge in [0.15, 0.2) is 11.5 Å². The van der Waals surface area contributed by atoms with E-state index in [9.17, 15) is 9.18 Å². The monoisotopic (exact) mass is 261 g/mol. The Bertz CT molecular complexity index is 599. The van der Waals surface area contributed by atoms with E-state index in [1.807, 2.05) is 0 Å². The van der Waals surface area contributed by atoms with Gasteiger partial charge < -0.3 is 9.73 Å². The van der Waals surface area contributed by atoms with Crippen LogP contribution in [0.3, 0.4) is 0 Å². The van der Waals surface area contributed by atoms with Crippen LogP contribution in [-0.4, -0.2) is 18.9 Å². The Morgan fingerprint density at radius 2 is 2.11 bits per heavy atom. The number of piperidine rings is 1. The van der Waals surface area contributed by atoms with Crippen molar-refractivity contribution in [3.05, 3.63) is 35.8 Å². The van der Waals surface area contributed by atoms with Crippen LogP contribution in [0.25, 0.3) is 11.0 Å². The van der Waals surface area contributed by atoms with Gasteiger partial charge in [-0.15, -0.1) is 0 Å². The number of rotatable bonds is 3. The fourth-order valence-electron chi connectivity index (χ4n) is 2.60. The van der Waals surface area contributed by atoms with E-state index in [-0.39, 0.29) is 11.6 Å². The molecule has 0 spiro atoms. The van der Waals surface area contributed by atoms with E-state index >= 15 is 0 Å². The number of hydrogen-bond acceptors (Lipinski definition) is 3. The number of fused-ring (bicyclic) bond motifs is 1. The van der Waals surface area contributed by atoms with Crippen LogP contribution < -0.4 is 5.32 Å². The summed E-state index contributed by atoms with van der Waals surface area (Å²) in [4.78, 5) is 12.2. The lowest BCUT2D eigenvalue weighted by Crippen LogP contribution is -2.28. The largest absolute Gasteiger partial charge is 0.453 e. The summed E-state index contributed by atoms with van der Waals surface area (Å²) in [6.45, 7) is 1.95. The highest BCUT2D eigenvalue weighted by molar-refractivity contribution is 5.97. The first-order chi connectivity index (χ1) is 9.22. The summed E-state index contributed by atoms with van der Waals surface area (Å²) in [6.07, 6.45) is 2.57. The quantitative estimate of drug-likeness (QED) is 0.863. The number of hydrogen-bond donors (Lipinski definition) is 1. The molecule has 19 heavy (non-hydrogen) atoms. The zero-order valence-electron chi connectivity index (χ0n) is 10.6. The molecular weight excluding hydrogens is 245 g/mol. The normalized spacial score (nSPS) is 16.9. The van der Waals surface area contributed by atoms with E-state index in [0.717, 1.165) is 25.9 Å². The van der Waals surface area contributed by atoms with Gasteiger partial charge in [-0.3, -0.25) is 4.79 Å². The predicted molar refractivity (Wildman–Crippen MR) is 70.7 cm³/mol. The van der Waals surface area contributed by atoms with Crippen LogP contribution in [0.1, 0.15) is 29.8 Å². The highest BCUT2D eigenvalue weighted by Gasteiger charge is 2.20. The predicted octanol–water partition coefficient (Wildman–Crippen LogP) is 3.14. The molecule has 0 bridgehead atoms. The molecule has 3 nitrogen and oxygen atoms in total. The molecule has 1 N–H and O–H groups in total. The molecule has 2 aromatic rings. The highest BCUT2D eigenvalue weighted by Crippen LogP contribution is 2.24. The summed E-state index contributed by atoms with van der Waals surface area (Å²) in [5, 5.41) is 3.93. The summed E-state index contributed by atoms with van der Waals surface area (Å²) >= 11 is 0. The minimum atomic E-state index is -0.314. The Balaban J connectivity index is 1.77. The van der Waals surface area contributed by atoms with Crippen molar-refractivity contribution in [1.29, 1.82) is 0 Å². The van der Waals surface area contributed by atoms with E-state index in [0.29, 0.717) is 29.1 Å². The fraction of sp³-hybridized carbons (Fsp3) is 0.400. The van der Waals surface area contributed by atoms with Crippen LogP contribution in [0.15, 0.2) is 28.7 Å². The zero-order valence-corrected chi connectivity index (χ0v) is 10.6. The van der Waals surface area contributed by atoms with Gasteiger partial charge in [-0.05, 0) is 56.1 Å². The molecule has 0 aliphatic carbocycles. The number of furan rings is 1. The fourth-order valence-corrected chi connectivity index (χ4v) is 2.60.